The Labute approximate surface area is 77.8 Å². The number of carbonyl (C=O) groups is 1. The average Bonchev–Trinajstić information content (AvgIpc) is 2.48. The molecule has 0 aliphatic heterocycles. The molecule has 2 nitrogen and oxygen atoms in total. The highest BCUT2D eigenvalue weighted by atomic mass is 32.1. The van der Waals surface area contributed by atoms with Crippen molar-refractivity contribution >= 4 is 33.4 Å². The van der Waals surface area contributed by atoms with E-state index in [1.165, 1.54) is 6.07 Å². The number of aldehydes is 1. The smallest absolute Gasteiger partial charge is 0.177 e. The van der Waals surface area contributed by atoms with Crippen LogP contribution in [0.3, 0.4) is 0 Å². The Morgan fingerprint density at radius 3 is 2.92 bits per heavy atom. The predicted molar refractivity (Wildman–Crippen MR) is 51.6 cm³/mol. The standard InChI is InChI=1S/C9H6FNOS/c10-8-3-6-5(4-12)1-2-7(11)9(6)13-8/h1-4H,11H2. The van der Waals surface area contributed by atoms with Gasteiger partial charge in [0.15, 0.2) is 11.4 Å². The summed E-state index contributed by atoms with van der Waals surface area (Å²) < 4.78 is 13.5. The van der Waals surface area contributed by atoms with Crippen LogP contribution in [0, 0.1) is 5.13 Å². The number of rotatable bonds is 1. The highest BCUT2D eigenvalue weighted by Gasteiger charge is 2.07. The Balaban J connectivity index is 2.91. The van der Waals surface area contributed by atoms with Gasteiger partial charge in [-0.05, 0) is 18.2 Å². The molecule has 4 heteroatoms. The zero-order chi connectivity index (χ0) is 9.42. The number of thiophene rings is 1. The number of nitrogens with two attached hydrogens (primary N) is 1. The maximum absolute atomic E-state index is 12.9. The van der Waals surface area contributed by atoms with E-state index in [1.54, 1.807) is 12.1 Å². The minimum atomic E-state index is -0.323. The molecule has 2 aromatic rings. The van der Waals surface area contributed by atoms with Crippen LogP contribution in [0.25, 0.3) is 10.1 Å². The first-order chi connectivity index (χ1) is 6.22. The van der Waals surface area contributed by atoms with Crippen LogP contribution < -0.4 is 5.73 Å². The summed E-state index contributed by atoms with van der Waals surface area (Å²) in [5, 5.41) is 0.272. The van der Waals surface area contributed by atoms with Gasteiger partial charge in [0.1, 0.15) is 0 Å². The van der Waals surface area contributed by atoms with E-state index in [4.69, 9.17) is 5.73 Å². The van der Waals surface area contributed by atoms with Gasteiger partial charge in [0.25, 0.3) is 0 Å². The van der Waals surface area contributed by atoms with Crippen molar-refractivity contribution in [3.63, 3.8) is 0 Å². The Hall–Kier alpha value is -1.42. The van der Waals surface area contributed by atoms with Crippen LogP contribution in [0.1, 0.15) is 10.4 Å². The summed E-state index contributed by atoms with van der Waals surface area (Å²) in [5.74, 6) is 0. The highest BCUT2D eigenvalue weighted by molar-refractivity contribution is 7.18. The zero-order valence-electron chi connectivity index (χ0n) is 6.58. The molecular weight excluding hydrogens is 189 g/mol. The van der Waals surface area contributed by atoms with Gasteiger partial charge in [-0.2, -0.15) is 4.39 Å². The van der Waals surface area contributed by atoms with E-state index in [1.807, 2.05) is 0 Å². The zero-order valence-corrected chi connectivity index (χ0v) is 7.40. The van der Waals surface area contributed by atoms with Gasteiger partial charge in [-0.1, -0.05) is 0 Å². The van der Waals surface area contributed by atoms with Gasteiger partial charge in [-0.3, -0.25) is 4.79 Å². The van der Waals surface area contributed by atoms with Crippen LogP contribution in [0.5, 0.6) is 0 Å². The van der Waals surface area contributed by atoms with Crippen LogP contribution >= 0.6 is 11.3 Å². The molecule has 1 aromatic heterocycles. The molecule has 0 saturated heterocycles. The number of carbonyl (C=O) groups excluding carboxylic acids is 1. The summed E-state index contributed by atoms with van der Waals surface area (Å²) in [6.45, 7) is 0. The minimum absolute atomic E-state index is 0.323. The first-order valence-corrected chi connectivity index (χ1v) is 4.46. The van der Waals surface area contributed by atoms with E-state index in [2.05, 4.69) is 0 Å². The summed E-state index contributed by atoms with van der Waals surface area (Å²) in [7, 11) is 0. The molecule has 2 rings (SSSR count). The van der Waals surface area contributed by atoms with Gasteiger partial charge >= 0.3 is 0 Å². The number of nitrogen functional groups attached to an aromatic ring is 1. The van der Waals surface area contributed by atoms with E-state index >= 15 is 0 Å². The molecular formula is C9H6FNOS. The summed E-state index contributed by atoms with van der Waals surface area (Å²) in [5.41, 5.74) is 6.61. The molecule has 2 N–H and O–H groups in total. The molecule has 0 amide bonds. The Kier molecular flexibility index (Phi) is 1.77. The van der Waals surface area contributed by atoms with Gasteiger partial charge in [0.05, 0.1) is 4.70 Å². The van der Waals surface area contributed by atoms with Crippen LogP contribution in [0.4, 0.5) is 10.1 Å². The molecule has 0 fully saturated rings. The van der Waals surface area contributed by atoms with Crippen molar-refractivity contribution < 1.29 is 9.18 Å². The van der Waals surface area contributed by atoms with Gasteiger partial charge in [-0.15, -0.1) is 11.3 Å². The number of hydrogen-bond acceptors (Lipinski definition) is 3. The van der Waals surface area contributed by atoms with E-state index in [9.17, 15) is 9.18 Å². The lowest BCUT2D eigenvalue weighted by Crippen LogP contribution is -1.86. The maximum Gasteiger partial charge on any atom is 0.177 e. The fraction of sp³-hybridized carbons (Fsp3) is 0. The van der Waals surface area contributed by atoms with Crippen molar-refractivity contribution in [3.8, 4) is 0 Å². The van der Waals surface area contributed by atoms with Gasteiger partial charge < -0.3 is 5.73 Å². The van der Waals surface area contributed by atoms with Gasteiger partial charge in [-0.25, -0.2) is 0 Å². The molecule has 13 heavy (non-hydrogen) atoms. The molecule has 0 saturated carbocycles. The maximum atomic E-state index is 12.9. The van der Waals surface area contributed by atoms with Gasteiger partial charge in [0, 0.05) is 16.6 Å². The van der Waals surface area contributed by atoms with Crippen LogP contribution in [-0.2, 0) is 0 Å². The van der Waals surface area contributed by atoms with E-state index < -0.39 is 0 Å². The molecule has 0 unspecified atom stereocenters. The summed E-state index contributed by atoms with van der Waals surface area (Å²) >= 11 is 0.958. The molecule has 0 aliphatic carbocycles. The predicted octanol–water partition coefficient (Wildman–Crippen LogP) is 2.44. The first-order valence-electron chi connectivity index (χ1n) is 3.65. The normalized spacial score (nSPS) is 10.5. The second-order valence-corrected chi connectivity index (χ2v) is 3.66. The highest BCUT2D eigenvalue weighted by Crippen LogP contribution is 2.31. The van der Waals surface area contributed by atoms with Crippen molar-refractivity contribution in [3.05, 3.63) is 28.9 Å². The lowest BCUT2D eigenvalue weighted by atomic mass is 10.1. The molecule has 1 heterocycles. The first kappa shape index (κ1) is 8.19. The molecule has 0 aliphatic rings. The van der Waals surface area contributed by atoms with Crippen molar-refractivity contribution in [2.45, 2.75) is 0 Å². The van der Waals surface area contributed by atoms with E-state index in [0.717, 1.165) is 11.3 Å². The van der Waals surface area contributed by atoms with Crippen molar-refractivity contribution in [1.29, 1.82) is 0 Å². The van der Waals surface area contributed by atoms with E-state index in [0.29, 0.717) is 27.6 Å². The quantitative estimate of drug-likeness (QED) is 0.561. The second-order valence-electron chi connectivity index (χ2n) is 2.66. The Morgan fingerprint density at radius 1 is 1.46 bits per heavy atom. The number of benzene rings is 1. The molecule has 66 valence electrons. The van der Waals surface area contributed by atoms with Crippen LogP contribution in [-0.4, -0.2) is 6.29 Å². The number of halogens is 1. The Bertz CT molecular complexity index is 478. The van der Waals surface area contributed by atoms with Gasteiger partial charge in [0.2, 0.25) is 0 Å². The lowest BCUT2D eigenvalue weighted by molar-refractivity contribution is 0.112. The second kappa shape index (κ2) is 2.81. The third kappa shape index (κ3) is 1.19. The summed E-state index contributed by atoms with van der Waals surface area (Å²) in [6.07, 6.45) is 0.702. The third-order valence-electron chi connectivity index (χ3n) is 1.84. The molecule has 1 aromatic carbocycles. The van der Waals surface area contributed by atoms with Crippen molar-refractivity contribution in [1.82, 2.24) is 0 Å². The monoisotopic (exact) mass is 195 g/mol. The number of fused-ring (bicyclic) bond motifs is 1. The fourth-order valence-electron chi connectivity index (χ4n) is 1.24. The summed E-state index contributed by atoms with van der Waals surface area (Å²) in [4.78, 5) is 10.6. The third-order valence-corrected chi connectivity index (χ3v) is 2.82. The molecule has 0 spiro atoms. The number of hydrogen-bond donors (Lipinski definition) is 1. The Morgan fingerprint density at radius 2 is 2.23 bits per heavy atom. The average molecular weight is 195 g/mol. The van der Waals surface area contributed by atoms with Crippen molar-refractivity contribution in [2.24, 2.45) is 0 Å². The SMILES string of the molecule is Nc1ccc(C=O)c2cc(F)sc12. The minimum Gasteiger partial charge on any atom is -0.398 e. The molecule has 0 radical (unpaired) electrons. The topological polar surface area (TPSA) is 43.1 Å². The van der Waals surface area contributed by atoms with Crippen LogP contribution in [0.2, 0.25) is 0 Å². The van der Waals surface area contributed by atoms with Crippen molar-refractivity contribution in [2.75, 3.05) is 5.73 Å². The fourth-order valence-corrected chi connectivity index (χ4v) is 2.08. The molecule has 0 bridgehead atoms. The number of anilines is 1. The van der Waals surface area contributed by atoms with E-state index in [-0.39, 0.29) is 5.13 Å². The largest absolute Gasteiger partial charge is 0.398 e. The summed E-state index contributed by atoms with van der Waals surface area (Å²) in [6, 6.07) is 4.54. The lowest BCUT2D eigenvalue weighted by Gasteiger charge is -1.96. The van der Waals surface area contributed by atoms with Crippen LogP contribution in [0.15, 0.2) is 18.2 Å². The molecule has 0 atom stereocenters.